The first-order valence-corrected chi connectivity index (χ1v) is 15.0. The molecular weight excluding hydrogens is 422 g/mol. The third kappa shape index (κ3) is 4.25. The third-order valence-electron chi connectivity index (χ3n) is 11.0. The van der Waals surface area contributed by atoms with Crippen molar-refractivity contribution >= 4 is 5.69 Å². The fourth-order valence-electron chi connectivity index (χ4n) is 8.93. The van der Waals surface area contributed by atoms with E-state index in [1.807, 2.05) is 0 Å². The minimum Gasteiger partial charge on any atom is -0.372 e. The number of benzene rings is 2. The predicted octanol–water partition coefficient (Wildman–Crippen LogP) is 9.37. The van der Waals surface area contributed by atoms with Gasteiger partial charge in [-0.1, -0.05) is 108 Å². The molecule has 3 saturated carbocycles. The molecule has 4 aliphatic rings. The van der Waals surface area contributed by atoms with Crippen LogP contribution in [0.3, 0.4) is 0 Å². The van der Waals surface area contributed by atoms with Gasteiger partial charge in [0.05, 0.1) is 0 Å². The van der Waals surface area contributed by atoms with E-state index < -0.39 is 0 Å². The van der Waals surface area contributed by atoms with E-state index in [2.05, 4.69) is 68.3 Å². The molecule has 0 heterocycles. The van der Waals surface area contributed by atoms with E-state index in [0.29, 0.717) is 6.04 Å². The van der Waals surface area contributed by atoms with Crippen LogP contribution in [-0.2, 0) is 5.41 Å². The van der Waals surface area contributed by atoms with Crippen LogP contribution in [0.5, 0.6) is 0 Å². The zero-order chi connectivity index (χ0) is 24.0. The van der Waals surface area contributed by atoms with Crippen molar-refractivity contribution < 1.29 is 0 Å². The molecular formula is C34H47N. The van der Waals surface area contributed by atoms with Gasteiger partial charge in [-0.3, -0.25) is 0 Å². The largest absolute Gasteiger partial charge is 0.372 e. The zero-order valence-corrected chi connectivity index (χ0v) is 22.6. The molecule has 0 radical (unpaired) electrons. The van der Waals surface area contributed by atoms with Crippen LogP contribution in [0.15, 0.2) is 42.5 Å². The first-order chi connectivity index (χ1) is 17.0. The molecule has 0 bridgehead atoms. The van der Waals surface area contributed by atoms with E-state index in [4.69, 9.17) is 0 Å². The van der Waals surface area contributed by atoms with Gasteiger partial charge in [0, 0.05) is 24.2 Å². The maximum Gasteiger partial charge on any atom is 0.0369 e. The molecule has 0 amide bonds. The van der Waals surface area contributed by atoms with E-state index in [-0.39, 0.29) is 5.41 Å². The Labute approximate surface area is 214 Å². The normalized spacial score (nSPS) is 28.9. The van der Waals surface area contributed by atoms with Crippen molar-refractivity contribution in [2.75, 3.05) is 11.9 Å². The van der Waals surface area contributed by atoms with Gasteiger partial charge in [0.15, 0.2) is 0 Å². The highest BCUT2D eigenvalue weighted by molar-refractivity contribution is 5.82. The van der Waals surface area contributed by atoms with Crippen molar-refractivity contribution in [3.63, 3.8) is 0 Å². The summed E-state index contributed by atoms with van der Waals surface area (Å²) in [6.07, 6.45) is 19.3. The summed E-state index contributed by atoms with van der Waals surface area (Å²) in [7, 11) is 2.40. The Balaban J connectivity index is 1.25. The lowest BCUT2D eigenvalue weighted by molar-refractivity contribution is 0.0601. The standard InChI is InChI=1S/C34H47N/c1-34(2)32-17-11-10-16-29(32)30-21-19-27(23-33(30)34)35(3)26-18-20-28(24-12-6-4-7-13-24)31(22-26)25-14-8-5-9-15-25/h10-11,16-17,19,21,23-26,28,31H,4-9,12-15,18,20,22H2,1-3H3. The molecule has 1 nitrogen and oxygen atoms in total. The Morgan fingerprint density at radius 2 is 1.29 bits per heavy atom. The molecule has 3 fully saturated rings. The number of fused-ring (bicyclic) bond motifs is 3. The summed E-state index contributed by atoms with van der Waals surface area (Å²) in [5, 5.41) is 0. The minimum atomic E-state index is 0.0893. The van der Waals surface area contributed by atoms with Crippen LogP contribution in [0, 0.1) is 23.7 Å². The van der Waals surface area contributed by atoms with Crippen LogP contribution in [0.2, 0.25) is 0 Å². The second-order valence-corrected chi connectivity index (χ2v) is 13.1. The third-order valence-corrected chi connectivity index (χ3v) is 11.0. The molecule has 2 aromatic carbocycles. The quantitative estimate of drug-likeness (QED) is 0.431. The van der Waals surface area contributed by atoms with Gasteiger partial charge in [0.25, 0.3) is 0 Å². The van der Waals surface area contributed by atoms with E-state index in [0.717, 1.165) is 23.7 Å². The molecule has 0 aliphatic heterocycles. The van der Waals surface area contributed by atoms with Crippen LogP contribution in [0.1, 0.15) is 108 Å². The first-order valence-electron chi connectivity index (χ1n) is 15.0. The average molecular weight is 470 g/mol. The maximum absolute atomic E-state index is 2.69. The molecule has 0 saturated heterocycles. The molecule has 188 valence electrons. The average Bonchev–Trinajstić information content (AvgIpc) is 3.15. The van der Waals surface area contributed by atoms with E-state index in [1.54, 1.807) is 0 Å². The number of rotatable bonds is 4. The lowest BCUT2D eigenvalue weighted by atomic mass is 9.61. The summed E-state index contributed by atoms with van der Waals surface area (Å²) in [5.41, 5.74) is 7.42. The van der Waals surface area contributed by atoms with Gasteiger partial charge in [-0.15, -0.1) is 0 Å². The van der Waals surface area contributed by atoms with Crippen LogP contribution in [0.4, 0.5) is 5.69 Å². The smallest absolute Gasteiger partial charge is 0.0369 e. The molecule has 1 heteroatoms. The Kier molecular flexibility index (Phi) is 6.48. The molecule has 0 aromatic heterocycles. The van der Waals surface area contributed by atoms with Gasteiger partial charge in [0.1, 0.15) is 0 Å². The lowest BCUT2D eigenvalue weighted by Gasteiger charge is -2.48. The van der Waals surface area contributed by atoms with Gasteiger partial charge in [-0.2, -0.15) is 0 Å². The summed E-state index contributed by atoms with van der Waals surface area (Å²) >= 11 is 0. The Morgan fingerprint density at radius 3 is 2.00 bits per heavy atom. The second kappa shape index (κ2) is 9.60. The van der Waals surface area contributed by atoms with Crippen LogP contribution < -0.4 is 4.90 Å². The van der Waals surface area contributed by atoms with Gasteiger partial charge >= 0.3 is 0 Å². The highest BCUT2D eigenvalue weighted by Crippen LogP contribution is 2.51. The Bertz CT molecular complexity index is 1020. The summed E-state index contributed by atoms with van der Waals surface area (Å²) in [6, 6.07) is 17.1. The fourth-order valence-corrected chi connectivity index (χ4v) is 8.93. The molecule has 6 rings (SSSR count). The molecule has 2 aromatic rings. The van der Waals surface area contributed by atoms with Gasteiger partial charge in [0.2, 0.25) is 0 Å². The molecule has 3 atom stereocenters. The van der Waals surface area contributed by atoms with Gasteiger partial charge < -0.3 is 4.90 Å². The van der Waals surface area contributed by atoms with Crippen LogP contribution >= 0.6 is 0 Å². The van der Waals surface area contributed by atoms with Crippen molar-refractivity contribution in [1.29, 1.82) is 0 Å². The number of anilines is 1. The van der Waals surface area contributed by atoms with Gasteiger partial charge in [-0.05, 0) is 77.3 Å². The first kappa shape index (κ1) is 23.6. The molecule has 4 aliphatic carbocycles. The minimum absolute atomic E-state index is 0.0893. The zero-order valence-electron chi connectivity index (χ0n) is 22.6. The van der Waals surface area contributed by atoms with Crippen LogP contribution in [-0.4, -0.2) is 13.1 Å². The molecule has 0 spiro atoms. The SMILES string of the molecule is CN(c1ccc2c(c1)C(C)(C)c1ccccc1-2)C1CCC(C2CCCCC2)C(C2CCCCC2)C1. The van der Waals surface area contributed by atoms with Gasteiger partial charge in [-0.25, -0.2) is 0 Å². The predicted molar refractivity (Wildman–Crippen MR) is 150 cm³/mol. The summed E-state index contributed by atoms with van der Waals surface area (Å²) < 4.78 is 0. The Morgan fingerprint density at radius 1 is 0.657 bits per heavy atom. The molecule has 0 N–H and O–H groups in total. The Hall–Kier alpha value is -1.76. The summed E-state index contributed by atoms with van der Waals surface area (Å²) in [4.78, 5) is 2.69. The van der Waals surface area contributed by atoms with Crippen molar-refractivity contribution in [3.05, 3.63) is 53.6 Å². The van der Waals surface area contributed by atoms with Crippen molar-refractivity contribution in [2.24, 2.45) is 23.7 Å². The summed E-state index contributed by atoms with van der Waals surface area (Å²) in [6.45, 7) is 4.83. The summed E-state index contributed by atoms with van der Waals surface area (Å²) in [5.74, 6) is 4.01. The molecule has 3 unspecified atom stereocenters. The lowest BCUT2D eigenvalue weighted by Crippen LogP contribution is -2.44. The number of hydrogen-bond acceptors (Lipinski definition) is 1. The highest BCUT2D eigenvalue weighted by atomic mass is 15.1. The second-order valence-electron chi connectivity index (χ2n) is 13.1. The van der Waals surface area contributed by atoms with E-state index in [9.17, 15) is 0 Å². The molecule has 35 heavy (non-hydrogen) atoms. The van der Waals surface area contributed by atoms with Crippen LogP contribution in [0.25, 0.3) is 11.1 Å². The van der Waals surface area contributed by atoms with E-state index in [1.165, 1.54) is 111 Å². The fraction of sp³-hybridized carbons (Fsp3) is 0.647. The maximum atomic E-state index is 2.69. The van der Waals surface area contributed by atoms with E-state index >= 15 is 0 Å². The van der Waals surface area contributed by atoms with Crippen molar-refractivity contribution in [2.45, 2.75) is 109 Å². The van der Waals surface area contributed by atoms with Crippen molar-refractivity contribution in [3.8, 4) is 11.1 Å². The highest BCUT2D eigenvalue weighted by Gasteiger charge is 2.41. The number of nitrogens with zero attached hydrogens (tertiary/aromatic N) is 1. The number of hydrogen-bond donors (Lipinski definition) is 0. The monoisotopic (exact) mass is 469 g/mol. The van der Waals surface area contributed by atoms with Crippen molar-refractivity contribution in [1.82, 2.24) is 0 Å². The topological polar surface area (TPSA) is 3.24 Å².